The number of carbonyl (C=O) groups is 1. The normalized spacial score (nSPS) is 10.9. The lowest BCUT2D eigenvalue weighted by Crippen LogP contribution is -2.15. The zero-order valence-corrected chi connectivity index (χ0v) is 17.5. The van der Waals surface area contributed by atoms with Crippen molar-refractivity contribution in [2.45, 2.75) is 4.90 Å². The number of ether oxygens (including phenoxy) is 1. The Balaban J connectivity index is 1.39. The second kappa shape index (κ2) is 9.27. The van der Waals surface area contributed by atoms with Crippen LogP contribution in [0.3, 0.4) is 0 Å². The van der Waals surface area contributed by atoms with Gasteiger partial charge in [0.25, 0.3) is 15.9 Å². The molecule has 0 aliphatic heterocycles. The van der Waals surface area contributed by atoms with Gasteiger partial charge in [0.15, 0.2) is 0 Å². The van der Waals surface area contributed by atoms with Crippen LogP contribution in [0.5, 0.6) is 11.5 Å². The highest BCUT2D eigenvalue weighted by atomic mass is 32.2. The number of sulfonamides is 1. The number of rotatable bonds is 7. The summed E-state index contributed by atoms with van der Waals surface area (Å²) in [5, 5.41) is 2.74. The minimum atomic E-state index is -3.84. The van der Waals surface area contributed by atoms with Crippen molar-refractivity contribution < 1.29 is 17.9 Å². The Hall–Kier alpha value is -4.24. The van der Waals surface area contributed by atoms with Crippen LogP contribution < -0.4 is 14.8 Å². The lowest BCUT2D eigenvalue weighted by Gasteiger charge is -2.09. The van der Waals surface area contributed by atoms with Crippen LogP contribution in [-0.2, 0) is 10.0 Å². The zero-order chi connectivity index (χ0) is 22.4. The number of amides is 1. The van der Waals surface area contributed by atoms with E-state index in [9.17, 15) is 13.2 Å². The van der Waals surface area contributed by atoms with Crippen LogP contribution in [0.2, 0.25) is 0 Å². The van der Waals surface area contributed by atoms with Crippen molar-refractivity contribution in [3.8, 4) is 11.5 Å². The quantitative estimate of drug-likeness (QED) is 0.437. The molecule has 4 aromatic rings. The van der Waals surface area contributed by atoms with Crippen molar-refractivity contribution in [3.05, 3.63) is 103 Å². The first-order valence-corrected chi connectivity index (χ1v) is 11.0. The summed E-state index contributed by atoms with van der Waals surface area (Å²) in [5.41, 5.74) is 0.888. The number of nitrogens with zero attached hydrogens (tertiary/aromatic N) is 2. The molecule has 0 unspecified atom stereocenters. The second-order valence-corrected chi connectivity index (χ2v) is 8.28. The van der Waals surface area contributed by atoms with Gasteiger partial charge >= 0.3 is 0 Å². The van der Waals surface area contributed by atoms with E-state index in [1.165, 1.54) is 36.7 Å². The maximum Gasteiger partial charge on any atom is 0.264 e. The van der Waals surface area contributed by atoms with Crippen LogP contribution in [0, 0.1) is 0 Å². The van der Waals surface area contributed by atoms with Crippen LogP contribution in [0.25, 0.3) is 0 Å². The van der Waals surface area contributed by atoms with E-state index in [0.29, 0.717) is 22.7 Å². The molecule has 0 atom stereocenters. The molecule has 1 heterocycles. The molecule has 0 aliphatic rings. The van der Waals surface area contributed by atoms with Crippen LogP contribution in [-0.4, -0.2) is 24.3 Å². The molecule has 0 spiro atoms. The number of aromatic nitrogens is 2. The molecule has 0 saturated heterocycles. The summed E-state index contributed by atoms with van der Waals surface area (Å²) in [6.45, 7) is 0. The number of hydrogen-bond acceptors (Lipinski definition) is 6. The fourth-order valence-corrected chi connectivity index (χ4v) is 3.71. The third-order valence-corrected chi connectivity index (χ3v) is 5.65. The first-order valence-electron chi connectivity index (χ1n) is 9.54. The molecule has 4 rings (SSSR count). The van der Waals surface area contributed by atoms with E-state index in [4.69, 9.17) is 4.74 Å². The molecular formula is C23H18N4O4S. The first kappa shape index (κ1) is 21.0. The summed E-state index contributed by atoms with van der Waals surface area (Å²) < 4.78 is 32.9. The minimum absolute atomic E-state index is 0.0189. The first-order chi connectivity index (χ1) is 15.5. The molecule has 0 bridgehead atoms. The molecule has 0 fully saturated rings. The van der Waals surface area contributed by atoms with Crippen LogP contribution >= 0.6 is 0 Å². The second-order valence-electron chi connectivity index (χ2n) is 6.60. The Morgan fingerprint density at radius 3 is 2.03 bits per heavy atom. The highest BCUT2D eigenvalue weighted by Gasteiger charge is 2.16. The highest BCUT2D eigenvalue weighted by molar-refractivity contribution is 7.92. The smallest absolute Gasteiger partial charge is 0.264 e. The maximum absolute atomic E-state index is 12.5. The Morgan fingerprint density at radius 1 is 0.750 bits per heavy atom. The molecule has 160 valence electrons. The van der Waals surface area contributed by atoms with Crippen molar-refractivity contribution >= 4 is 27.6 Å². The summed E-state index contributed by atoms with van der Waals surface area (Å²) in [5.74, 6) is 0.956. The van der Waals surface area contributed by atoms with E-state index in [0.717, 1.165) is 0 Å². The molecule has 9 heteroatoms. The van der Waals surface area contributed by atoms with Crippen molar-refractivity contribution in [1.29, 1.82) is 0 Å². The number of benzene rings is 3. The number of para-hydroxylation sites is 1. The average molecular weight is 446 g/mol. The Kier molecular flexibility index (Phi) is 6.09. The van der Waals surface area contributed by atoms with Crippen LogP contribution in [0.4, 0.5) is 11.6 Å². The molecule has 3 aromatic carbocycles. The van der Waals surface area contributed by atoms with Gasteiger partial charge in [-0.3, -0.25) is 4.79 Å². The van der Waals surface area contributed by atoms with Gasteiger partial charge in [0, 0.05) is 23.6 Å². The van der Waals surface area contributed by atoms with E-state index in [2.05, 4.69) is 20.0 Å². The van der Waals surface area contributed by atoms with Crippen LogP contribution in [0.1, 0.15) is 10.4 Å². The van der Waals surface area contributed by atoms with E-state index in [1.807, 2.05) is 30.3 Å². The number of anilines is 2. The lowest BCUT2D eigenvalue weighted by molar-refractivity contribution is 0.102. The highest BCUT2D eigenvalue weighted by Crippen LogP contribution is 2.22. The number of nitrogens with one attached hydrogen (secondary N) is 2. The topological polar surface area (TPSA) is 110 Å². The largest absolute Gasteiger partial charge is 0.457 e. The van der Waals surface area contributed by atoms with Gasteiger partial charge in [0.1, 0.15) is 11.5 Å². The summed E-state index contributed by atoms with van der Waals surface area (Å²) in [6, 6.07) is 23.4. The predicted molar refractivity (Wildman–Crippen MR) is 120 cm³/mol. The van der Waals surface area contributed by atoms with Crippen molar-refractivity contribution in [2.75, 3.05) is 10.0 Å². The molecule has 1 amide bonds. The molecule has 0 saturated carbocycles. The molecule has 0 radical (unpaired) electrons. The standard InChI is InChI=1S/C23H18N4O4S/c28-22(17-7-11-20(12-8-17)31-19-5-2-1-3-6-19)26-18-9-13-21(14-10-18)32(29,30)27-23-24-15-4-16-25-23/h1-16H,(H,26,28)(H,24,25,27). The maximum atomic E-state index is 12.5. The minimum Gasteiger partial charge on any atom is -0.457 e. The molecular weight excluding hydrogens is 428 g/mol. The fraction of sp³-hybridized carbons (Fsp3) is 0. The molecule has 2 N–H and O–H groups in total. The van der Waals surface area contributed by atoms with Gasteiger partial charge in [-0.1, -0.05) is 18.2 Å². The Labute approximate surface area is 185 Å². The number of hydrogen-bond donors (Lipinski definition) is 2. The van der Waals surface area contributed by atoms with Gasteiger partial charge in [0.2, 0.25) is 5.95 Å². The Morgan fingerprint density at radius 2 is 1.38 bits per heavy atom. The van der Waals surface area contributed by atoms with Crippen molar-refractivity contribution in [2.24, 2.45) is 0 Å². The van der Waals surface area contributed by atoms with Gasteiger partial charge < -0.3 is 10.1 Å². The zero-order valence-electron chi connectivity index (χ0n) is 16.7. The monoisotopic (exact) mass is 446 g/mol. The van der Waals surface area contributed by atoms with Crippen LogP contribution in [0.15, 0.2) is 102 Å². The van der Waals surface area contributed by atoms with Gasteiger partial charge in [-0.15, -0.1) is 0 Å². The lowest BCUT2D eigenvalue weighted by atomic mass is 10.2. The van der Waals surface area contributed by atoms with Gasteiger partial charge in [0.05, 0.1) is 4.90 Å². The molecule has 0 aliphatic carbocycles. The summed E-state index contributed by atoms with van der Waals surface area (Å²) in [7, 11) is -3.84. The SMILES string of the molecule is O=C(Nc1ccc(S(=O)(=O)Nc2ncccn2)cc1)c1ccc(Oc2ccccc2)cc1. The molecule has 8 nitrogen and oxygen atoms in total. The van der Waals surface area contributed by atoms with E-state index < -0.39 is 10.0 Å². The summed E-state index contributed by atoms with van der Waals surface area (Å²) in [4.78, 5) is 20.2. The predicted octanol–water partition coefficient (Wildman–Crippen LogP) is 4.32. The van der Waals surface area contributed by atoms with Crippen molar-refractivity contribution in [3.63, 3.8) is 0 Å². The van der Waals surface area contributed by atoms with E-state index >= 15 is 0 Å². The third-order valence-electron chi connectivity index (χ3n) is 4.31. The number of carbonyl (C=O) groups excluding carboxylic acids is 1. The van der Waals surface area contributed by atoms with Crippen molar-refractivity contribution in [1.82, 2.24) is 9.97 Å². The third kappa shape index (κ3) is 5.27. The summed E-state index contributed by atoms with van der Waals surface area (Å²) >= 11 is 0. The Bertz CT molecular complexity index is 1300. The van der Waals surface area contributed by atoms with Gasteiger partial charge in [-0.25, -0.2) is 23.1 Å². The van der Waals surface area contributed by atoms with Gasteiger partial charge in [-0.05, 0) is 66.7 Å². The van der Waals surface area contributed by atoms with Gasteiger partial charge in [-0.2, -0.15) is 0 Å². The summed E-state index contributed by atoms with van der Waals surface area (Å²) in [6.07, 6.45) is 2.87. The fourth-order valence-electron chi connectivity index (χ4n) is 2.75. The van der Waals surface area contributed by atoms with E-state index in [-0.39, 0.29) is 16.8 Å². The molecule has 32 heavy (non-hydrogen) atoms. The average Bonchev–Trinajstić information content (AvgIpc) is 2.81. The van der Waals surface area contributed by atoms with E-state index in [1.54, 1.807) is 30.3 Å². The molecule has 1 aromatic heterocycles.